The van der Waals surface area contributed by atoms with Gasteiger partial charge < -0.3 is 5.32 Å². The summed E-state index contributed by atoms with van der Waals surface area (Å²) in [4.78, 5) is 19.7. The zero-order valence-electron chi connectivity index (χ0n) is 9.47. The normalized spacial score (nSPS) is 12.1. The molecule has 0 aromatic heterocycles. The van der Waals surface area contributed by atoms with Gasteiger partial charge in [-0.15, -0.1) is 0 Å². The Hall–Kier alpha value is -2.40. The Morgan fingerprint density at radius 2 is 1.67 bits per heavy atom. The first-order valence-electron chi connectivity index (χ1n) is 4.77. The van der Waals surface area contributed by atoms with Crippen LogP contribution >= 0.6 is 0 Å². The molecule has 0 heterocycles. The maximum atomic E-state index is 13.1. The number of nitrogens with zero attached hydrogens (tertiary/aromatic N) is 1. The molecule has 0 unspecified atom stereocenters. The molecule has 1 rings (SSSR count). The third-order valence-electron chi connectivity index (χ3n) is 2.09. The number of benzene rings is 1. The van der Waals surface area contributed by atoms with Gasteiger partial charge in [0.25, 0.3) is 5.69 Å². The van der Waals surface area contributed by atoms with Crippen LogP contribution in [0, 0.1) is 15.9 Å². The second-order valence-electron chi connectivity index (χ2n) is 3.56. The number of hydrogen-bond donors (Lipinski definition) is 1. The lowest BCUT2D eigenvalue weighted by Gasteiger charge is -2.12. The van der Waals surface area contributed by atoms with Crippen LogP contribution in [0.25, 0.3) is 0 Å². The van der Waals surface area contributed by atoms with Gasteiger partial charge in [0.1, 0.15) is 11.5 Å². The number of anilines is 1. The van der Waals surface area contributed by atoms with Gasteiger partial charge in [-0.2, -0.15) is 26.3 Å². The molecule has 0 radical (unpaired) electrons. The lowest BCUT2D eigenvalue weighted by molar-refractivity contribution is -0.384. The number of alkyl halides is 6. The lowest BCUT2D eigenvalue weighted by Crippen LogP contribution is -2.30. The highest BCUT2D eigenvalue weighted by atomic mass is 19.4. The molecule has 0 aliphatic heterocycles. The van der Waals surface area contributed by atoms with Crippen LogP contribution in [0.4, 0.5) is 42.1 Å². The molecule has 0 spiro atoms. The van der Waals surface area contributed by atoms with Crippen molar-refractivity contribution in [3.8, 4) is 0 Å². The fraction of sp³-hybridized carbons (Fsp3) is 0.222. The number of carbonyl (C=O) groups is 1. The molecule has 0 aliphatic rings. The molecule has 21 heavy (non-hydrogen) atoms. The molecule has 1 aromatic rings. The summed E-state index contributed by atoms with van der Waals surface area (Å²) in [6, 6.07) is -0.508. The van der Waals surface area contributed by atoms with Gasteiger partial charge in [-0.1, -0.05) is 0 Å². The monoisotopic (exact) mass is 320 g/mol. The average molecular weight is 320 g/mol. The van der Waals surface area contributed by atoms with Crippen molar-refractivity contribution < 1.29 is 40.5 Å². The lowest BCUT2D eigenvalue weighted by atomic mass is 10.1. The Balaban J connectivity index is 3.41. The highest BCUT2D eigenvalue weighted by molar-refractivity contribution is 5.96. The number of nitrogens with one attached hydrogen (secondary N) is 1. The first-order chi connectivity index (χ1) is 9.34. The van der Waals surface area contributed by atoms with Crippen LogP contribution in [-0.2, 0) is 11.0 Å². The standard InChI is InChI=1S/C9H3F7N2O3/c10-4-2-6(18(20)21)5(1-3(4)8(11,12)13)17-7(19)9(14,15)16/h1-2H,(H,17,19). The Kier molecular flexibility index (Phi) is 4.11. The Labute approximate surface area is 110 Å². The highest BCUT2D eigenvalue weighted by Crippen LogP contribution is 2.37. The fourth-order valence-corrected chi connectivity index (χ4v) is 1.22. The molecule has 12 heteroatoms. The number of halogens is 7. The van der Waals surface area contributed by atoms with Gasteiger partial charge in [0, 0.05) is 0 Å². The molecule has 0 saturated carbocycles. The molecular formula is C9H3F7N2O3. The molecule has 0 saturated heterocycles. The van der Waals surface area contributed by atoms with E-state index in [9.17, 15) is 45.6 Å². The van der Waals surface area contributed by atoms with Crippen molar-refractivity contribution in [3.05, 3.63) is 33.6 Å². The van der Waals surface area contributed by atoms with E-state index >= 15 is 0 Å². The largest absolute Gasteiger partial charge is 0.471 e. The third-order valence-corrected chi connectivity index (χ3v) is 2.09. The average Bonchev–Trinajstić information content (AvgIpc) is 2.27. The predicted octanol–water partition coefficient (Wildman–Crippen LogP) is 3.25. The van der Waals surface area contributed by atoms with E-state index in [1.807, 2.05) is 0 Å². The van der Waals surface area contributed by atoms with Crippen LogP contribution in [0.2, 0.25) is 0 Å². The first kappa shape index (κ1) is 16.7. The van der Waals surface area contributed by atoms with Crippen LogP contribution in [-0.4, -0.2) is 17.0 Å². The van der Waals surface area contributed by atoms with Gasteiger partial charge >= 0.3 is 18.3 Å². The summed E-state index contributed by atoms with van der Waals surface area (Å²) >= 11 is 0. The van der Waals surface area contributed by atoms with Crippen molar-refractivity contribution in [1.82, 2.24) is 0 Å². The van der Waals surface area contributed by atoms with E-state index < -0.39 is 45.9 Å². The van der Waals surface area contributed by atoms with Gasteiger partial charge in [0.05, 0.1) is 16.6 Å². The molecule has 0 fully saturated rings. The quantitative estimate of drug-likeness (QED) is 0.516. The van der Waals surface area contributed by atoms with Crippen molar-refractivity contribution in [2.75, 3.05) is 5.32 Å². The molecule has 1 aromatic carbocycles. The van der Waals surface area contributed by atoms with E-state index in [0.29, 0.717) is 0 Å². The zero-order chi connectivity index (χ0) is 16.6. The van der Waals surface area contributed by atoms with Crippen LogP contribution < -0.4 is 5.32 Å². The molecule has 1 amide bonds. The Morgan fingerprint density at radius 1 is 1.14 bits per heavy atom. The first-order valence-corrected chi connectivity index (χ1v) is 4.77. The van der Waals surface area contributed by atoms with E-state index in [-0.39, 0.29) is 12.1 Å². The van der Waals surface area contributed by atoms with Gasteiger partial charge in [-0.05, 0) is 6.07 Å². The van der Waals surface area contributed by atoms with E-state index in [1.54, 1.807) is 0 Å². The van der Waals surface area contributed by atoms with Crippen LogP contribution in [0.1, 0.15) is 5.56 Å². The highest BCUT2D eigenvalue weighted by Gasteiger charge is 2.41. The molecule has 1 N–H and O–H groups in total. The number of nitro groups is 1. The summed E-state index contributed by atoms with van der Waals surface area (Å²) < 4.78 is 86.3. The summed E-state index contributed by atoms with van der Waals surface area (Å²) in [6.07, 6.45) is -10.8. The van der Waals surface area contributed by atoms with Crippen LogP contribution in [0.3, 0.4) is 0 Å². The van der Waals surface area contributed by atoms with E-state index in [0.717, 1.165) is 5.32 Å². The predicted molar refractivity (Wildman–Crippen MR) is 52.7 cm³/mol. The third kappa shape index (κ3) is 3.79. The number of hydrogen-bond acceptors (Lipinski definition) is 3. The van der Waals surface area contributed by atoms with Crippen LogP contribution in [0.5, 0.6) is 0 Å². The molecule has 116 valence electrons. The number of carbonyl (C=O) groups excluding carboxylic acids is 1. The minimum atomic E-state index is -5.49. The smallest absolute Gasteiger partial charge is 0.312 e. The maximum absolute atomic E-state index is 13.1. The van der Waals surface area contributed by atoms with Crippen molar-refractivity contribution in [1.29, 1.82) is 0 Å². The fourth-order valence-electron chi connectivity index (χ4n) is 1.22. The van der Waals surface area contributed by atoms with Crippen molar-refractivity contribution >= 4 is 17.3 Å². The van der Waals surface area contributed by atoms with E-state index in [2.05, 4.69) is 0 Å². The second-order valence-corrected chi connectivity index (χ2v) is 3.56. The Morgan fingerprint density at radius 3 is 2.05 bits per heavy atom. The topological polar surface area (TPSA) is 72.2 Å². The van der Waals surface area contributed by atoms with E-state index in [4.69, 9.17) is 0 Å². The minimum Gasteiger partial charge on any atom is -0.312 e. The summed E-state index contributed by atoms with van der Waals surface area (Å²) in [5.74, 6) is -4.79. The van der Waals surface area contributed by atoms with Gasteiger partial charge in [-0.3, -0.25) is 14.9 Å². The van der Waals surface area contributed by atoms with Gasteiger partial charge in [0.2, 0.25) is 0 Å². The number of amides is 1. The zero-order valence-corrected chi connectivity index (χ0v) is 9.47. The van der Waals surface area contributed by atoms with Crippen molar-refractivity contribution in [3.63, 3.8) is 0 Å². The summed E-state index contributed by atoms with van der Waals surface area (Å²) in [7, 11) is 0. The van der Waals surface area contributed by atoms with Gasteiger partial charge in [0.15, 0.2) is 0 Å². The molecule has 5 nitrogen and oxygen atoms in total. The van der Waals surface area contributed by atoms with Crippen molar-refractivity contribution in [2.24, 2.45) is 0 Å². The SMILES string of the molecule is O=C(Nc1cc(C(F)(F)F)c(F)cc1[N+](=O)[O-])C(F)(F)F. The number of nitro benzene ring substituents is 1. The number of rotatable bonds is 2. The van der Waals surface area contributed by atoms with Crippen LogP contribution in [0.15, 0.2) is 12.1 Å². The molecular weight excluding hydrogens is 317 g/mol. The summed E-state index contributed by atoms with van der Waals surface area (Å²) in [5, 5.41) is 11.4. The van der Waals surface area contributed by atoms with Gasteiger partial charge in [-0.25, -0.2) is 4.39 Å². The minimum absolute atomic E-state index is 0.227. The Bertz CT molecular complexity index is 594. The maximum Gasteiger partial charge on any atom is 0.471 e. The van der Waals surface area contributed by atoms with E-state index in [1.165, 1.54) is 0 Å². The second kappa shape index (κ2) is 5.18. The van der Waals surface area contributed by atoms with Crippen molar-refractivity contribution in [2.45, 2.75) is 12.4 Å². The molecule has 0 atom stereocenters. The summed E-state index contributed by atoms with van der Waals surface area (Å²) in [5.41, 5.74) is -4.92. The molecule has 0 bridgehead atoms. The molecule has 0 aliphatic carbocycles. The summed E-state index contributed by atoms with van der Waals surface area (Å²) in [6.45, 7) is 0.